The highest BCUT2D eigenvalue weighted by atomic mass is 32.2. The fraction of sp³-hybridized carbons (Fsp3) is 0.391. The molecule has 2 aliphatic rings. The Morgan fingerprint density at radius 1 is 1.12 bits per heavy atom. The van der Waals surface area contributed by atoms with Crippen molar-refractivity contribution in [3.63, 3.8) is 0 Å². The van der Waals surface area contributed by atoms with Crippen molar-refractivity contribution in [3.8, 4) is 0 Å². The van der Waals surface area contributed by atoms with Crippen molar-refractivity contribution < 1.29 is 27.9 Å². The molecule has 0 spiro atoms. The van der Waals surface area contributed by atoms with Gasteiger partial charge in [0.2, 0.25) is 10.0 Å². The number of ether oxygens (including phenoxy) is 1. The summed E-state index contributed by atoms with van der Waals surface area (Å²) >= 11 is 1.40. The van der Waals surface area contributed by atoms with E-state index in [2.05, 4.69) is 4.90 Å². The van der Waals surface area contributed by atoms with Gasteiger partial charge in [-0.15, -0.1) is 11.3 Å². The Labute approximate surface area is 202 Å². The molecular formula is C23H27N3O6S2. The lowest BCUT2D eigenvalue weighted by Crippen LogP contribution is -2.42. The number of hydrogen-bond donors (Lipinski definition) is 1. The number of carbonyl (C=O) groups is 2. The second kappa shape index (κ2) is 9.96. The van der Waals surface area contributed by atoms with Crippen molar-refractivity contribution in [1.29, 1.82) is 0 Å². The van der Waals surface area contributed by atoms with Crippen LogP contribution in [-0.4, -0.2) is 92.8 Å². The van der Waals surface area contributed by atoms with Crippen LogP contribution in [0.4, 0.5) is 0 Å². The third-order valence-corrected chi connectivity index (χ3v) is 8.77. The number of thiophene rings is 1. The zero-order valence-corrected chi connectivity index (χ0v) is 20.6. The van der Waals surface area contributed by atoms with Crippen LogP contribution in [0.15, 0.2) is 52.2 Å². The van der Waals surface area contributed by atoms with Gasteiger partial charge >= 0.3 is 0 Å². The molecule has 1 atom stereocenters. The molecule has 0 radical (unpaired) electrons. The van der Waals surface area contributed by atoms with E-state index in [-0.39, 0.29) is 21.8 Å². The highest BCUT2D eigenvalue weighted by Gasteiger charge is 2.46. The minimum atomic E-state index is -3.64. The third kappa shape index (κ3) is 4.66. The standard InChI is InChI=1S/C23H27N3O6S2/c1-24(2)34(30,31)17-7-5-16(6-8-17)21(27)19-20(18-4-3-15-33-18)26(23(29)22(19)28)10-9-25-11-13-32-14-12-25/h3-8,15,20,27H,9-14H2,1-2H3/b21-19-. The SMILES string of the molecule is CN(C)S(=O)(=O)c1ccc(/C(O)=C2/C(=O)C(=O)N(CCN3CCOCC3)C2c2cccs2)cc1. The van der Waals surface area contributed by atoms with Gasteiger partial charge in [-0.3, -0.25) is 14.5 Å². The molecule has 3 heterocycles. The molecule has 1 amide bonds. The molecule has 2 aliphatic heterocycles. The molecular weight excluding hydrogens is 478 g/mol. The van der Waals surface area contributed by atoms with Gasteiger partial charge in [-0.25, -0.2) is 12.7 Å². The Balaban J connectivity index is 1.68. The number of aliphatic hydroxyl groups excluding tert-OH is 1. The first-order valence-electron chi connectivity index (χ1n) is 10.9. The minimum Gasteiger partial charge on any atom is -0.507 e. The zero-order chi connectivity index (χ0) is 24.5. The van der Waals surface area contributed by atoms with E-state index in [1.54, 1.807) is 0 Å². The molecule has 2 fully saturated rings. The molecule has 1 unspecified atom stereocenters. The maximum absolute atomic E-state index is 13.1. The van der Waals surface area contributed by atoms with Gasteiger partial charge in [0, 0.05) is 50.7 Å². The summed E-state index contributed by atoms with van der Waals surface area (Å²) in [5.74, 6) is -1.72. The van der Waals surface area contributed by atoms with Crippen LogP contribution in [0, 0.1) is 0 Å². The Bertz CT molecular complexity index is 1180. The van der Waals surface area contributed by atoms with Gasteiger partial charge in [0.25, 0.3) is 11.7 Å². The monoisotopic (exact) mass is 505 g/mol. The van der Waals surface area contributed by atoms with E-state index in [0.717, 1.165) is 22.3 Å². The average molecular weight is 506 g/mol. The summed E-state index contributed by atoms with van der Waals surface area (Å²) in [5.41, 5.74) is 0.281. The van der Waals surface area contributed by atoms with Gasteiger partial charge < -0.3 is 14.7 Å². The molecule has 0 bridgehead atoms. The molecule has 11 heteroatoms. The maximum atomic E-state index is 13.1. The van der Waals surface area contributed by atoms with E-state index in [9.17, 15) is 23.1 Å². The molecule has 182 valence electrons. The van der Waals surface area contributed by atoms with Crippen LogP contribution in [0.25, 0.3) is 5.76 Å². The molecule has 2 saturated heterocycles. The van der Waals surface area contributed by atoms with E-state index in [1.807, 2.05) is 17.5 Å². The molecule has 34 heavy (non-hydrogen) atoms. The van der Waals surface area contributed by atoms with Crippen LogP contribution >= 0.6 is 11.3 Å². The van der Waals surface area contributed by atoms with Crippen LogP contribution in [0.1, 0.15) is 16.5 Å². The highest BCUT2D eigenvalue weighted by Crippen LogP contribution is 2.41. The lowest BCUT2D eigenvalue weighted by molar-refractivity contribution is -0.140. The van der Waals surface area contributed by atoms with E-state index in [0.29, 0.717) is 26.3 Å². The minimum absolute atomic E-state index is 0.0117. The molecule has 0 aliphatic carbocycles. The number of ketones is 1. The Kier molecular flexibility index (Phi) is 7.20. The van der Waals surface area contributed by atoms with Gasteiger partial charge in [-0.2, -0.15) is 0 Å². The van der Waals surface area contributed by atoms with Crippen molar-refractivity contribution in [2.24, 2.45) is 0 Å². The van der Waals surface area contributed by atoms with Gasteiger partial charge in [0.1, 0.15) is 5.76 Å². The Hall–Kier alpha value is -2.57. The number of Topliss-reactive ketones (excluding diaryl/α,β-unsaturated/α-hetero) is 1. The van der Waals surface area contributed by atoms with Crippen molar-refractivity contribution in [1.82, 2.24) is 14.1 Å². The molecule has 4 rings (SSSR count). The number of benzene rings is 1. The first-order chi connectivity index (χ1) is 16.2. The summed E-state index contributed by atoms with van der Waals surface area (Å²) in [4.78, 5) is 30.6. The van der Waals surface area contributed by atoms with Crippen LogP contribution in [0.5, 0.6) is 0 Å². The maximum Gasteiger partial charge on any atom is 0.295 e. The fourth-order valence-electron chi connectivity index (χ4n) is 4.08. The number of likely N-dealkylation sites (tertiary alicyclic amines) is 1. The summed E-state index contributed by atoms with van der Waals surface area (Å²) in [5, 5.41) is 13.0. The molecule has 2 aromatic rings. The molecule has 0 saturated carbocycles. The fourth-order valence-corrected chi connectivity index (χ4v) is 5.83. The lowest BCUT2D eigenvalue weighted by atomic mass is 10.00. The Morgan fingerprint density at radius 3 is 2.38 bits per heavy atom. The first kappa shape index (κ1) is 24.6. The first-order valence-corrected chi connectivity index (χ1v) is 13.2. The molecule has 1 N–H and O–H groups in total. The number of carbonyl (C=O) groups excluding carboxylic acids is 2. The van der Waals surface area contributed by atoms with Crippen molar-refractivity contribution in [3.05, 3.63) is 57.8 Å². The third-order valence-electron chi connectivity index (χ3n) is 6.02. The quantitative estimate of drug-likeness (QED) is 0.347. The summed E-state index contributed by atoms with van der Waals surface area (Å²) in [6.45, 7) is 3.71. The van der Waals surface area contributed by atoms with Crippen molar-refractivity contribution in [2.45, 2.75) is 10.9 Å². The largest absolute Gasteiger partial charge is 0.507 e. The van der Waals surface area contributed by atoms with E-state index >= 15 is 0 Å². The van der Waals surface area contributed by atoms with Crippen LogP contribution < -0.4 is 0 Å². The summed E-state index contributed by atoms with van der Waals surface area (Å²) in [6.07, 6.45) is 0. The van der Waals surface area contributed by atoms with E-state index in [1.165, 1.54) is 54.6 Å². The molecule has 1 aromatic heterocycles. The average Bonchev–Trinajstić information content (AvgIpc) is 3.45. The normalized spacial score (nSPS) is 21.5. The lowest BCUT2D eigenvalue weighted by Gasteiger charge is -2.30. The number of aliphatic hydroxyl groups is 1. The summed E-state index contributed by atoms with van der Waals surface area (Å²) in [6, 6.07) is 8.60. The molecule has 9 nitrogen and oxygen atoms in total. The number of hydrogen-bond acceptors (Lipinski definition) is 8. The number of morpholine rings is 1. The van der Waals surface area contributed by atoms with Gasteiger partial charge in [0.15, 0.2) is 0 Å². The second-order valence-corrected chi connectivity index (χ2v) is 11.4. The highest BCUT2D eigenvalue weighted by molar-refractivity contribution is 7.89. The van der Waals surface area contributed by atoms with Crippen LogP contribution in [0.3, 0.4) is 0 Å². The Morgan fingerprint density at radius 2 is 1.79 bits per heavy atom. The predicted molar refractivity (Wildman–Crippen MR) is 128 cm³/mol. The number of nitrogens with zero attached hydrogens (tertiary/aromatic N) is 3. The van der Waals surface area contributed by atoms with Crippen LogP contribution in [0.2, 0.25) is 0 Å². The summed E-state index contributed by atoms with van der Waals surface area (Å²) in [7, 11) is -0.770. The van der Waals surface area contributed by atoms with E-state index < -0.39 is 27.8 Å². The smallest absolute Gasteiger partial charge is 0.295 e. The van der Waals surface area contributed by atoms with Gasteiger partial charge in [0.05, 0.1) is 29.7 Å². The zero-order valence-electron chi connectivity index (χ0n) is 19.0. The van der Waals surface area contributed by atoms with Crippen molar-refractivity contribution >= 4 is 38.8 Å². The molecule has 1 aromatic carbocycles. The number of sulfonamides is 1. The van der Waals surface area contributed by atoms with Crippen LogP contribution in [-0.2, 0) is 24.3 Å². The summed E-state index contributed by atoms with van der Waals surface area (Å²) < 4.78 is 31.2. The van der Waals surface area contributed by atoms with Crippen molar-refractivity contribution in [2.75, 3.05) is 53.5 Å². The second-order valence-electron chi connectivity index (χ2n) is 8.27. The number of amides is 1. The van der Waals surface area contributed by atoms with Gasteiger partial charge in [-0.05, 0) is 35.7 Å². The predicted octanol–water partition coefficient (Wildman–Crippen LogP) is 1.75. The van der Waals surface area contributed by atoms with Gasteiger partial charge in [-0.1, -0.05) is 6.07 Å². The topological polar surface area (TPSA) is 107 Å². The number of rotatable bonds is 7. The van der Waals surface area contributed by atoms with E-state index in [4.69, 9.17) is 4.74 Å².